The van der Waals surface area contributed by atoms with Crippen LogP contribution in [0.4, 0.5) is 5.82 Å². The van der Waals surface area contributed by atoms with Gasteiger partial charge in [-0.2, -0.15) is 5.26 Å². The molecule has 0 atom stereocenters. The summed E-state index contributed by atoms with van der Waals surface area (Å²) >= 11 is 0. The van der Waals surface area contributed by atoms with Crippen LogP contribution in [0.2, 0.25) is 0 Å². The number of hydrogen-bond acceptors (Lipinski definition) is 5. The monoisotopic (exact) mass is 336 g/mol. The summed E-state index contributed by atoms with van der Waals surface area (Å²) in [5, 5.41) is 19.0. The van der Waals surface area contributed by atoms with Crippen molar-refractivity contribution in [2.24, 2.45) is 0 Å². The van der Waals surface area contributed by atoms with E-state index in [9.17, 15) is 10.4 Å². The fraction of sp³-hybridized carbons (Fsp3) is 0.400. The van der Waals surface area contributed by atoms with E-state index in [1.54, 1.807) is 12.1 Å². The minimum absolute atomic E-state index is 0.214. The van der Waals surface area contributed by atoms with Crippen LogP contribution in [0.3, 0.4) is 0 Å². The third kappa shape index (κ3) is 3.59. The van der Waals surface area contributed by atoms with Crippen LogP contribution in [0.1, 0.15) is 43.7 Å². The zero-order valence-corrected chi connectivity index (χ0v) is 14.7. The quantitative estimate of drug-likeness (QED) is 0.896. The number of nitriles is 1. The Hall–Kier alpha value is -2.58. The van der Waals surface area contributed by atoms with Crippen molar-refractivity contribution >= 4 is 5.82 Å². The van der Waals surface area contributed by atoms with E-state index >= 15 is 0 Å². The summed E-state index contributed by atoms with van der Waals surface area (Å²) in [5.41, 5.74) is 9.23. The number of aromatic hydroxyl groups is 1. The van der Waals surface area contributed by atoms with Crippen LogP contribution in [-0.2, 0) is 0 Å². The number of nitrogens with two attached hydrogens (primary N) is 1. The highest BCUT2D eigenvalue weighted by Gasteiger charge is 2.25. The molecule has 1 aromatic heterocycles. The number of rotatable bonds is 3. The Morgan fingerprint density at radius 2 is 1.88 bits per heavy atom. The maximum atomic E-state index is 9.55. The molecule has 0 radical (unpaired) electrons. The van der Waals surface area contributed by atoms with Crippen molar-refractivity contribution in [2.75, 3.05) is 18.8 Å². The molecule has 1 saturated heterocycles. The van der Waals surface area contributed by atoms with Crippen molar-refractivity contribution in [2.45, 2.75) is 38.6 Å². The number of pyridine rings is 1. The van der Waals surface area contributed by atoms with E-state index in [-0.39, 0.29) is 11.6 Å². The minimum Gasteiger partial charge on any atom is -0.508 e. The molecule has 0 unspecified atom stereocenters. The molecule has 130 valence electrons. The average Bonchev–Trinajstić information content (AvgIpc) is 2.61. The van der Waals surface area contributed by atoms with Crippen molar-refractivity contribution in [1.82, 2.24) is 9.88 Å². The zero-order valence-electron chi connectivity index (χ0n) is 14.7. The predicted molar refractivity (Wildman–Crippen MR) is 99.1 cm³/mol. The number of likely N-dealkylation sites (tertiary alicyclic amines) is 1. The molecule has 1 fully saturated rings. The summed E-state index contributed by atoms with van der Waals surface area (Å²) in [4.78, 5) is 6.87. The van der Waals surface area contributed by atoms with Crippen LogP contribution < -0.4 is 5.73 Å². The number of benzene rings is 1. The normalized spacial score (nSPS) is 16.1. The van der Waals surface area contributed by atoms with E-state index in [1.165, 1.54) is 0 Å². The topological polar surface area (TPSA) is 86.2 Å². The predicted octanol–water partition coefficient (Wildman–Crippen LogP) is 3.50. The minimum atomic E-state index is 0.214. The second-order valence-corrected chi connectivity index (χ2v) is 6.92. The van der Waals surface area contributed by atoms with Crippen molar-refractivity contribution in [3.05, 3.63) is 41.5 Å². The Balaban J connectivity index is 1.95. The third-order valence-corrected chi connectivity index (χ3v) is 5.05. The standard InChI is InChI=1S/C20H24N4O/c1-13(2)24-9-7-14(8-10-24)17-11-19(23-20(22)18(17)12-21)15-3-5-16(25)6-4-15/h3-6,11,13-14,25H,7-10H2,1-2H3,(H2,22,23). The Morgan fingerprint density at radius 1 is 1.24 bits per heavy atom. The molecular weight excluding hydrogens is 312 g/mol. The van der Waals surface area contributed by atoms with E-state index in [1.807, 2.05) is 18.2 Å². The number of nitrogen functional groups attached to an aromatic ring is 1. The van der Waals surface area contributed by atoms with Gasteiger partial charge in [-0.1, -0.05) is 0 Å². The third-order valence-electron chi connectivity index (χ3n) is 5.05. The number of phenolic OH excluding ortho intramolecular Hbond substituents is 1. The SMILES string of the molecule is CC(C)N1CCC(c2cc(-c3ccc(O)cc3)nc(N)c2C#N)CC1. The summed E-state index contributed by atoms with van der Waals surface area (Å²) in [6.45, 7) is 6.50. The molecule has 25 heavy (non-hydrogen) atoms. The van der Waals surface area contributed by atoms with E-state index in [4.69, 9.17) is 5.73 Å². The largest absolute Gasteiger partial charge is 0.508 e. The lowest BCUT2D eigenvalue weighted by Gasteiger charge is -2.35. The summed E-state index contributed by atoms with van der Waals surface area (Å²) in [7, 11) is 0. The summed E-state index contributed by atoms with van der Waals surface area (Å²) in [6.07, 6.45) is 2.04. The number of nitrogens with zero attached hydrogens (tertiary/aromatic N) is 3. The maximum absolute atomic E-state index is 9.55. The molecule has 5 nitrogen and oxygen atoms in total. The number of phenols is 1. The molecule has 0 spiro atoms. The molecular formula is C20H24N4O. The summed E-state index contributed by atoms with van der Waals surface area (Å²) < 4.78 is 0. The van der Waals surface area contributed by atoms with E-state index < -0.39 is 0 Å². The molecule has 0 bridgehead atoms. The Bertz CT molecular complexity index is 785. The lowest BCUT2D eigenvalue weighted by molar-refractivity contribution is 0.172. The average molecular weight is 336 g/mol. The van der Waals surface area contributed by atoms with Crippen LogP contribution in [0, 0.1) is 11.3 Å². The Morgan fingerprint density at radius 3 is 2.44 bits per heavy atom. The van der Waals surface area contributed by atoms with Crippen LogP contribution in [0.25, 0.3) is 11.3 Å². The highest BCUT2D eigenvalue weighted by molar-refractivity contribution is 5.67. The molecule has 2 heterocycles. The smallest absolute Gasteiger partial charge is 0.142 e. The number of aromatic nitrogens is 1. The van der Waals surface area contributed by atoms with Gasteiger partial charge in [0.25, 0.3) is 0 Å². The van der Waals surface area contributed by atoms with Crippen molar-refractivity contribution in [3.8, 4) is 23.1 Å². The number of piperidine rings is 1. The second-order valence-electron chi connectivity index (χ2n) is 6.92. The lowest BCUT2D eigenvalue weighted by Crippen LogP contribution is -2.38. The van der Waals surface area contributed by atoms with Crippen LogP contribution in [0.15, 0.2) is 30.3 Å². The molecule has 0 aliphatic carbocycles. The fourth-order valence-corrected chi connectivity index (χ4v) is 3.54. The molecule has 3 rings (SSSR count). The van der Waals surface area contributed by atoms with Gasteiger partial charge in [0.2, 0.25) is 0 Å². The molecule has 1 aromatic carbocycles. The lowest BCUT2D eigenvalue weighted by atomic mass is 9.86. The molecule has 5 heteroatoms. The van der Waals surface area contributed by atoms with Crippen LogP contribution in [-0.4, -0.2) is 34.1 Å². The van der Waals surface area contributed by atoms with Gasteiger partial charge >= 0.3 is 0 Å². The molecule has 1 aliphatic heterocycles. The van der Waals surface area contributed by atoms with Crippen molar-refractivity contribution < 1.29 is 5.11 Å². The first-order valence-corrected chi connectivity index (χ1v) is 8.73. The van der Waals surface area contributed by atoms with E-state index in [0.29, 0.717) is 17.5 Å². The van der Waals surface area contributed by atoms with Crippen LogP contribution in [0.5, 0.6) is 5.75 Å². The van der Waals surface area contributed by atoms with Gasteiger partial charge < -0.3 is 15.7 Å². The van der Waals surface area contributed by atoms with Gasteiger partial charge in [0, 0.05) is 11.6 Å². The zero-order chi connectivity index (χ0) is 18.0. The molecule has 2 aromatic rings. The maximum Gasteiger partial charge on any atom is 0.142 e. The first kappa shape index (κ1) is 17.2. The number of hydrogen-bond donors (Lipinski definition) is 2. The molecule has 0 saturated carbocycles. The van der Waals surface area contributed by atoms with Gasteiger partial charge in [-0.15, -0.1) is 0 Å². The van der Waals surface area contributed by atoms with Gasteiger partial charge in [-0.3, -0.25) is 0 Å². The van der Waals surface area contributed by atoms with Crippen molar-refractivity contribution in [1.29, 1.82) is 5.26 Å². The first-order valence-electron chi connectivity index (χ1n) is 8.73. The van der Waals surface area contributed by atoms with Gasteiger partial charge in [-0.05, 0) is 81.6 Å². The molecule has 1 aliphatic rings. The summed E-state index contributed by atoms with van der Waals surface area (Å²) in [6, 6.07) is 11.7. The fourth-order valence-electron chi connectivity index (χ4n) is 3.54. The van der Waals surface area contributed by atoms with Crippen molar-refractivity contribution in [3.63, 3.8) is 0 Å². The van der Waals surface area contributed by atoms with Gasteiger partial charge in [0.1, 0.15) is 17.6 Å². The molecule has 3 N–H and O–H groups in total. The Kier molecular flexibility index (Phi) is 4.91. The van der Waals surface area contributed by atoms with Crippen LogP contribution >= 0.6 is 0 Å². The Labute approximate surface area is 148 Å². The second kappa shape index (κ2) is 7.12. The number of anilines is 1. The van der Waals surface area contributed by atoms with E-state index in [0.717, 1.165) is 42.8 Å². The van der Waals surface area contributed by atoms with Gasteiger partial charge in [0.05, 0.1) is 11.3 Å². The first-order chi connectivity index (χ1) is 12.0. The summed E-state index contributed by atoms with van der Waals surface area (Å²) in [5.74, 6) is 0.826. The highest BCUT2D eigenvalue weighted by Crippen LogP contribution is 2.35. The van der Waals surface area contributed by atoms with Gasteiger partial charge in [-0.25, -0.2) is 4.98 Å². The van der Waals surface area contributed by atoms with E-state index in [2.05, 4.69) is 29.8 Å². The highest BCUT2D eigenvalue weighted by atomic mass is 16.3. The van der Waals surface area contributed by atoms with Gasteiger partial charge in [0.15, 0.2) is 0 Å². The molecule has 0 amide bonds.